The van der Waals surface area contributed by atoms with Crippen LogP contribution in [0.15, 0.2) is 18.2 Å². The average Bonchev–Trinajstić information content (AvgIpc) is 2.31. The molecule has 1 aliphatic rings. The zero-order valence-electron chi connectivity index (χ0n) is 9.73. The molecule has 1 amide bonds. The Morgan fingerprint density at radius 2 is 2.11 bits per heavy atom. The third-order valence-corrected chi connectivity index (χ3v) is 3.47. The highest BCUT2D eigenvalue weighted by Gasteiger charge is 2.23. The van der Waals surface area contributed by atoms with Crippen molar-refractivity contribution in [3.63, 3.8) is 0 Å². The van der Waals surface area contributed by atoms with Gasteiger partial charge in [0.25, 0.3) is 5.91 Å². The van der Waals surface area contributed by atoms with Gasteiger partial charge in [-0.3, -0.25) is 4.79 Å². The Bertz CT molecular complexity index is 439. The molecule has 1 aromatic rings. The lowest BCUT2D eigenvalue weighted by atomic mass is 10.1. The number of nitrogens with zero attached hydrogens (tertiary/aromatic N) is 1. The van der Waals surface area contributed by atoms with Crippen molar-refractivity contribution in [1.82, 2.24) is 4.90 Å². The molecule has 0 bridgehead atoms. The SMILES string of the molecule is Cl.NC1CCCN(C(=O)c2cc(Cl)ccc2Cl)C1. The van der Waals surface area contributed by atoms with Crippen molar-refractivity contribution >= 4 is 41.5 Å². The average molecular weight is 310 g/mol. The van der Waals surface area contributed by atoms with Crippen molar-refractivity contribution < 1.29 is 4.79 Å². The van der Waals surface area contributed by atoms with Crippen LogP contribution in [0.1, 0.15) is 23.2 Å². The van der Waals surface area contributed by atoms with E-state index in [2.05, 4.69) is 0 Å². The number of hydrogen-bond acceptors (Lipinski definition) is 2. The van der Waals surface area contributed by atoms with Gasteiger partial charge in [-0.05, 0) is 31.0 Å². The van der Waals surface area contributed by atoms with E-state index in [4.69, 9.17) is 28.9 Å². The molecular weight excluding hydrogens is 295 g/mol. The van der Waals surface area contributed by atoms with E-state index in [1.807, 2.05) is 0 Å². The zero-order chi connectivity index (χ0) is 12.4. The first-order valence-corrected chi connectivity index (χ1v) is 6.33. The summed E-state index contributed by atoms with van der Waals surface area (Å²) in [4.78, 5) is 14.0. The molecule has 1 heterocycles. The van der Waals surface area contributed by atoms with Crippen LogP contribution in [0.2, 0.25) is 10.0 Å². The number of halogens is 3. The summed E-state index contributed by atoms with van der Waals surface area (Å²) in [5.41, 5.74) is 6.31. The van der Waals surface area contributed by atoms with Crippen LogP contribution in [-0.4, -0.2) is 29.9 Å². The van der Waals surface area contributed by atoms with Gasteiger partial charge in [0, 0.05) is 24.2 Å². The van der Waals surface area contributed by atoms with Crippen LogP contribution in [0.25, 0.3) is 0 Å². The summed E-state index contributed by atoms with van der Waals surface area (Å²) < 4.78 is 0. The molecule has 6 heteroatoms. The number of piperidine rings is 1. The maximum atomic E-state index is 12.2. The topological polar surface area (TPSA) is 46.3 Å². The Balaban J connectivity index is 0.00000162. The normalized spacial score (nSPS) is 19.3. The van der Waals surface area contributed by atoms with Crippen molar-refractivity contribution in [2.24, 2.45) is 5.73 Å². The van der Waals surface area contributed by atoms with Gasteiger partial charge < -0.3 is 10.6 Å². The van der Waals surface area contributed by atoms with Gasteiger partial charge in [0.1, 0.15) is 0 Å². The predicted octanol–water partition coefficient (Wildman–Crippen LogP) is 2.98. The Kier molecular flexibility index (Phi) is 5.73. The molecule has 1 unspecified atom stereocenters. The molecule has 0 saturated carbocycles. The van der Waals surface area contributed by atoms with Gasteiger partial charge in [-0.2, -0.15) is 0 Å². The van der Waals surface area contributed by atoms with Crippen molar-refractivity contribution in [3.05, 3.63) is 33.8 Å². The van der Waals surface area contributed by atoms with E-state index in [9.17, 15) is 4.79 Å². The molecule has 0 aliphatic carbocycles. The summed E-state index contributed by atoms with van der Waals surface area (Å²) >= 11 is 11.9. The summed E-state index contributed by atoms with van der Waals surface area (Å²) in [7, 11) is 0. The number of likely N-dealkylation sites (tertiary alicyclic amines) is 1. The van der Waals surface area contributed by atoms with Crippen LogP contribution < -0.4 is 5.73 Å². The monoisotopic (exact) mass is 308 g/mol. The van der Waals surface area contributed by atoms with E-state index < -0.39 is 0 Å². The lowest BCUT2D eigenvalue weighted by Gasteiger charge is -2.31. The standard InChI is InChI=1S/C12H14Cl2N2O.ClH/c13-8-3-4-11(14)10(6-8)12(17)16-5-1-2-9(15)7-16;/h3-4,6,9H,1-2,5,7,15H2;1H. The Morgan fingerprint density at radius 1 is 1.39 bits per heavy atom. The van der Waals surface area contributed by atoms with Crippen LogP contribution in [-0.2, 0) is 0 Å². The minimum absolute atomic E-state index is 0. The summed E-state index contributed by atoms with van der Waals surface area (Å²) in [5.74, 6) is -0.0901. The van der Waals surface area contributed by atoms with E-state index >= 15 is 0 Å². The number of amides is 1. The van der Waals surface area contributed by atoms with E-state index in [0.717, 1.165) is 19.4 Å². The number of carbonyl (C=O) groups excluding carboxylic acids is 1. The molecule has 1 saturated heterocycles. The highest BCUT2D eigenvalue weighted by Crippen LogP contribution is 2.23. The summed E-state index contributed by atoms with van der Waals surface area (Å²) in [6.07, 6.45) is 1.90. The van der Waals surface area contributed by atoms with E-state index in [0.29, 0.717) is 22.2 Å². The van der Waals surface area contributed by atoms with Crippen molar-refractivity contribution in [1.29, 1.82) is 0 Å². The summed E-state index contributed by atoms with van der Waals surface area (Å²) in [5, 5.41) is 0.942. The minimum atomic E-state index is -0.0901. The molecule has 0 aromatic heterocycles. The molecule has 1 atom stereocenters. The molecule has 18 heavy (non-hydrogen) atoms. The van der Waals surface area contributed by atoms with E-state index in [1.54, 1.807) is 23.1 Å². The third-order valence-electron chi connectivity index (χ3n) is 2.90. The molecule has 0 spiro atoms. The molecule has 3 nitrogen and oxygen atoms in total. The molecule has 0 radical (unpaired) electrons. The van der Waals surface area contributed by atoms with Gasteiger partial charge in [0.05, 0.1) is 10.6 Å². The quantitative estimate of drug-likeness (QED) is 0.867. The highest BCUT2D eigenvalue weighted by atomic mass is 35.5. The smallest absolute Gasteiger partial charge is 0.255 e. The van der Waals surface area contributed by atoms with Gasteiger partial charge in [-0.1, -0.05) is 23.2 Å². The molecule has 1 fully saturated rings. The summed E-state index contributed by atoms with van der Waals surface area (Å²) in [6.45, 7) is 1.32. The first-order valence-electron chi connectivity index (χ1n) is 5.58. The van der Waals surface area contributed by atoms with Crippen LogP contribution in [0.5, 0.6) is 0 Å². The van der Waals surface area contributed by atoms with Crippen molar-refractivity contribution in [2.45, 2.75) is 18.9 Å². The number of rotatable bonds is 1. The Morgan fingerprint density at radius 3 is 2.78 bits per heavy atom. The van der Waals surface area contributed by atoms with Crippen LogP contribution >= 0.6 is 35.6 Å². The van der Waals surface area contributed by atoms with Crippen LogP contribution in [0.3, 0.4) is 0 Å². The third kappa shape index (κ3) is 3.51. The van der Waals surface area contributed by atoms with Crippen molar-refractivity contribution in [3.8, 4) is 0 Å². The molecule has 1 aromatic carbocycles. The lowest BCUT2D eigenvalue weighted by molar-refractivity contribution is 0.0709. The first kappa shape index (κ1) is 15.6. The second kappa shape index (κ2) is 6.62. The Labute approximate surface area is 123 Å². The fourth-order valence-electron chi connectivity index (χ4n) is 2.03. The maximum Gasteiger partial charge on any atom is 0.255 e. The zero-order valence-corrected chi connectivity index (χ0v) is 12.1. The fraction of sp³-hybridized carbons (Fsp3) is 0.417. The van der Waals surface area contributed by atoms with E-state index in [1.165, 1.54) is 0 Å². The molecule has 2 rings (SSSR count). The fourth-order valence-corrected chi connectivity index (χ4v) is 2.40. The second-order valence-corrected chi connectivity index (χ2v) is 5.12. The molecule has 2 N–H and O–H groups in total. The second-order valence-electron chi connectivity index (χ2n) is 4.28. The predicted molar refractivity (Wildman–Crippen MR) is 76.8 cm³/mol. The van der Waals surface area contributed by atoms with Crippen LogP contribution in [0.4, 0.5) is 0 Å². The summed E-state index contributed by atoms with van der Waals surface area (Å²) in [6, 6.07) is 4.97. The van der Waals surface area contributed by atoms with Gasteiger partial charge in [0.2, 0.25) is 0 Å². The number of benzene rings is 1. The number of nitrogens with two attached hydrogens (primary N) is 1. The van der Waals surface area contributed by atoms with Gasteiger partial charge >= 0.3 is 0 Å². The van der Waals surface area contributed by atoms with Gasteiger partial charge in [0.15, 0.2) is 0 Å². The first-order chi connectivity index (χ1) is 8.08. The molecule has 100 valence electrons. The maximum absolute atomic E-state index is 12.2. The minimum Gasteiger partial charge on any atom is -0.337 e. The van der Waals surface area contributed by atoms with Crippen LogP contribution in [0, 0.1) is 0 Å². The number of carbonyl (C=O) groups is 1. The highest BCUT2D eigenvalue weighted by molar-refractivity contribution is 6.35. The Hall–Kier alpha value is -0.480. The number of hydrogen-bond donors (Lipinski definition) is 1. The molecular formula is C12H15Cl3N2O. The lowest BCUT2D eigenvalue weighted by Crippen LogP contribution is -2.45. The van der Waals surface area contributed by atoms with Crippen molar-refractivity contribution in [2.75, 3.05) is 13.1 Å². The molecule has 1 aliphatic heterocycles. The van der Waals surface area contributed by atoms with Gasteiger partial charge in [-0.25, -0.2) is 0 Å². The largest absolute Gasteiger partial charge is 0.337 e. The van der Waals surface area contributed by atoms with E-state index in [-0.39, 0.29) is 24.4 Å². The van der Waals surface area contributed by atoms with Gasteiger partial charge in [-0.15, -0.1) is 12.4 Å².